The van der Waals surface area contributed by atoms with E-state index in [1.807, 2.05) is 33.8 Å². The second-order valence-electron chi connectivity index (χ2n) is 7.55. The lowest BCUT2D eigenvalue weighted by Gasteiger charge is -2.28. The fourth-order valence-corrected chi connectivity index (χ4v) is 3.42. The van der Waals surface area contributed by atoms with Gasteiger partial charge in [0.2, 0.25) is 0 Å². The number of ether oxygens (including phenoxy) is 2. The molecule has 5 nitrogen and oxygen atoms in total. The van der Waals surface area contributed by atoms with Crippen LogP contribution >= 0.6 is 0 Å². The van der Waals surface area contributed by atoms with E-state index in [0.29, 0.717) is 24.8 Å². The van der Waals surface area contributed by atoms with Crippen molar-refractivity contribution in [3.63, 3.8) is 0 Å². The van der Waals surface area contributed by atoms with Crippen molar-refractivity contribution in [2.24, 2.45) is 11.8 Å². The third-order valence-electron chi connectivity index (χ3n) is 4.50. The summed E-state index contributed by atoms with van der Waals surface area (Å²) in [6.07, 6.45) is 3.17. The van der Waals surface area contributed by atoms with E-state index in [0.717, 1.165) is 11.1 Å². The quantitative estimate of drug-likeness (QED) is 0.482. The van der Waals surface area contributed by atoms with E-state index in [2.05, 4.69) is 6.58 Å². The van der Waals surface area contributed by atoms with Crippen molar-refractivity contribution >= 4 is 11.9 Å². The van der Waals surface area contributed by atoms with Gasteiger partial charge in [0.25, 0.3) is 0 Å². The molecule has 4 atom stereocenters. The SMILES string of the molecule is C=C1C(=O)O[C@@H]2/C=C(\C)C[C@@H](O)/C=C(\C)C[C@@H](OC(=O)CC(C)C)[C@@H]12. The lowest BCUT2D eigenvalue weighted by molar-refractivity contribution is -0.152. The summed E-state index contributed by atoms with van der Waals surface area (Å²) in [5.41, 5.74) is 2.17. The predicted molar refractivity (Wildman–Crippen MR) is 94.6 cm³/mol. The summed E-state index contributed by atoms with van der Waals surface area (Å²) >= 11 is 0. The molecule has 0 bridgehead atoms. The summed E-state index contributed by atoms with van der Waals surface area (Å²) in [5, 5.41) is 10.2. The Morgan fingerprint density at radius 2 is 1.96 bits per heavy atom. The highest BCUT2D eigenvalue weighted by Gasteiger charge is 2.44. The molecular weight excluding hydrogens is 320 g/mol. The van der Waals surface area contributed by atoms with Crippen LogP contribution in [0.4, 0.5) is 0 Å². The van der Waals surface area contributed by atoms with Crippen LogP contribution in [0.3, 0.4) is 0 Å². The Morgan fingerprint density at radius 3 is 2.60 bits per heavy atom. The Kier molecular flexibility index (Phi) is 6.22. The van der Waals surface area contributed by atoms with Gasteiger partial charge in [-0.25, -0.2) is 4.79 Å². The van der Waals surface area contributed by atoms with Crippen molar-refractivity contribution in [2.45, 2.75) is 65.3 Å². The summed E-state index contributed by atoms with van der Waals surface area (Å²) in [5.74, 6) is -0.965. The highest BCUT2D eigenvalue weighted by molar-refractivity contribution is 5.91. The van der Waals surface area contributed by atoms with Gasteiger partial charge in [-0.15, -0.1) is 0 Å². The number of esters is 2. The van der Waals surface area contributed by atoms with Gasteiger partial charge in [-0.05, 0) is 32.3 Å². The first-order chi connectivity index (χ1) is 11.7. The minimum Gasteiger partial charge on any atom is -0.461 e. The molecule has 0 spiro atoms. The summed E-state index contributed by atoms with van der Waals surface area (Å²) in [6.45, 7) is 11.5. The number of hydrogen-bond acceptors (Lipinski definition) is 5. The zero-order valence-electron chi connectivity index (χ0n) is 15.5. The molecule has 2 aliphatic rings. The van der Waals surface area contributed by atoms with Gasteiger partial charge >= 0.3 is 11.9 Å². The monoisotopic (exact) mass is 348 g/mol. The molecule has 25 heavy (non-hydrogen) atoms. The fourth-order valence-electron chi connectivity index (χ4n) is 3.42. The predicted octanol–water partition coefficient (Wildman–Crippen LogP) is 3.09. The summed E-state index contributed by atoms with van der Waals surface area (Å²) in [7, 11) is 0. The largest absolute Gasteiger partial charge is 0.461 e. The van der Waals surface area contributed by atoms with Crippen LogP contribution in [0, 0.1) is 11.8 Å². The molecule has 0 radical (unpaired) electrons. The molecule has 1 heterocycles. The van der Waals surface area contributed by atoms with Gasteiger partial charge in [-0.3, -0.25) is 4.79 Å². The van der Waals surface area contributed by atoms with Crippen molar-refractivity contribution in [3.8, 4) is 0 Å². The van der Waals surface area contributed by atoms with Gasteiger partial charge in [-0.1, -0.05) is 37.6 Å². The van der Waals surface area contributed by atoms with Gasteiger partial charge in [0, 0.05) is 18.4 Å². The maximum Gasteiger partial charge on any atom is 0.334 e. The second kappa shape index (κ2) is 8.00. The summed E-state index contributed by atoms with van der Waals surface area (Å²) in [4.78, 5) is 24.3. The number of carbonyl (C=O) groups excluding carboxylic acids is 2. The van der Waals surface area contributed by atoms with Crippen molar-refractivity contribution in [1.82, 2.24) is 0 Å². The second-order valence-corrected chi connectivity index (χ2v) is 7.55. The van der Waals surface area contributed by atoms with E-state index in [1.54, 1.807) is 6.08 Å². The molecule has 0 aromatic rings. The number of aliphatic hydroxyl groups is 1. The molecule has 1 fully saturated rings. The lowest BCUT2D eigenvalue weighted by Crippen LogP contribution is -2.34. The minimum atomic E-state index is -0.611. The van der Waals surface area contributed by atoms with Gasteiger partial charge in [0.1, 0.15) is 12.2 Å². The molecule has 0 saturated carbocycles. The number of carbonyl (C=O) groups is 2. The van der Waals surface area contributed by atoms with Crippen LogP contribution in [0.15, 0.2) is 35.5 Å². The van der Waals surface area contributed by atoms with Crippen LogP contribution in [-0.2, 0) is 19.1 Å². The zero-order chi connectivity index (χ0) is 18.7. The molecular formula is C20H28O5. The van der Waals surface area contributed by atoms with Crippen molar-refractivity contribution in [3.05, 3.63) is 35.5 Å². The Bertz CT molecular complexity index is 614. The van der Waals surface area contributed by atoms with E-state index >= 15 is 0 Å². The van der Waals surface area contributed by atoms with Gasteiger partial charge < -0.3 is 14.6 Å². The first kappa shape index (κ1) is 19.4. The molecule has 0 aromatic carbocycles. The zero-order valence-corrected chi connectivity index (χ0v) is 15.5. The summed E-state index contributed by atoms with van der Waals surface area (Å²) < 4.78 is 11.2. The fraction of sp³-hybridized carbons (Fsp3) is 0.600. The van der Waals surface area contributed by atoms with E-state index in [-0.39, 0.29) is 11.9 Å². The maximum absolute atomic E-state index is 12.2. The Balaban J connectivity index is 2.35. The number of aliphatic hydroxyl groups excluding tert-OH is 1. The van der Waals surface area contributed by atoms with Gasteiger partial charge in [-0.2, -0.15) is 0 Å². The van der Waals surface area contributed by atoms with E-state index in [1.165, 1.54) is 0 Å². The number of fused-ring (bicyclic) bond motifs is 1. The Morgan fingerprint density at radius 1 is 1.32 bits per heavy atom. The first-order valence-electron chi connectivity index (χ1n) is 8.79. The van der Waals surface area contributed by atoms with Crippen LogP contribution in [0.5, 0.6) is 0 Å². The van der Waals surface area contributed by atoms with Crippen molar-refractivity contribution < 1.29 is 24.2 Å². The molecule has 2 rings (SSSR count). The smallest absolute Gasteiger partial charge is 0.334 e. The molecule has 1 aliphatic carbocycles. The van der Waals surface area contributed by atoms with Crippen LogP contribution in [0.25, 0.3) is 0 Å². The van der Waals surface area contributed by atoms with Gasteiger partial charge in [0.15, 0.2) is 0 Å². The molecule has 0 unspecified atom stereocenters. The van der Waals surface area contributed by atoms with Crippen molar-refractivity contribution in [1.29, 1.82) is 0 Å². The van der Waals surface area contributed by atoms with Crippen LogP contribution in [0.1, 0.15) is 47.0 Å². The Labute approximate surface area is 149 Å². The molecule has 5 heteroatoms. The first-order valence-corrected chi connectivity index (χ1v) is 8.79. The van der Waals surface area contributed by atoms with Crippen LogP contribution in [-0.4, -0.2) is 35.4 Å². The molecule has 1 aliphatic heterocycles. The van der Waals surface area contributed by atoms with Gasteiger partial charge in [0.05, 0.1) is 12.0 Å². The molecule has 1 saturated heterocycles. The number of hydrogen-bond donors (Lipinski definition) is 1. The topological polar surface area (TPSA) is 72.8 Å². The third kappa shape index (κ3) is 5.05. The maximum atomic E-state index is 12.2. The highest BCUT2D eigenvalue weighted by Crippen LogP contribution is 2.36. The highest BCUT2D eigenvalue weighted by atomic mass is 16.6. The summed E-state index contributed by atoms with van der Waals surface area (Å²) in [6, 6.07) is 0. The minimum absolute atomic E-state index is 0.188. The third-order valence-corrected chi connectivity index (χ3v) is 4.50. The molecule has 138 valence electrons. The molecule has 0 aromatic heterocycles. The van der Waals surface area contributed by atoms with E-state index in [4.69, 9.17) is 9.47 Å². The lowest BCUT2D eigenvalue weighted by atomic mass is 9.85. The average Bonchev–Trinajstić information content (AvgIpc) is 2.70. The molecule has 1 N–H and O–H groups in total. The van der Waals surface area contributed by atoms with Crippen LogP contribution in [0.2, 0.25) is 0 Å². The molecule has 0 amide bonds. The van der Waals surface area contributed by atoms with Crippen LogP contribution < -0.4 is 0 Å². The van der Waals surface area contributed by atoms with E-state index in [9.17, 15) is 14.7 Å². The number of rotatable bonds is 3. The Hall–Kier alpha value is -1.88. The average molecular weight is 348 g/mol. The van der Waals surface area contributed by atoms with E-state index < -0.39 is 30.2 Å². The van der Waals surface area contributed by atoms with Crippen molar-refractivity contribution in [2.75, 3.05) is 0 Å². The normalized spacial score (nSPS) is 34.5. The standard InChI is InChI=1S/C20H28O5/c1-11(2)6-18(22)24-16-9-12(3)7-15(21)8-13(4)10-17-19(16)14(5)20(23)25-17/h7,10-11,15-17,19,21H,5-6,8-9H2,1-4H3/b12-7+,13-10+/t15-,16+,17+,19+/m0/s1.